The SMILES string of the molecule is CC(C)C(=O)C1CCN(S(=O)(=O)c2ccc(Cl)cc2)CC1. The summed E-state index contributed by atoms with van der Waals surface area (Å²) in [4.78, 5) is 12.2. The fourth-order valence-corrected chi connectivity index (χ4v) is 4.20. The van der Waals surface area contributed by atoms with Crippen molar-refractivity contribution in [2.45, 2.75) is 31.6 Å². The Labute approximate surface area is 131 Å². The van der Waals surface area contributed by atoms with Crippen LogP contribution < -0.4 is 0 Å². The standard InChI is InChI=1S/C15H20ClNO3S/c1-11(2)15(18)12-7-9-17(10-8-12)21(19,20)14-5-3-13(16)4-6-14/h3-6,11-12H,7-10H2,1-2H3. The van der Waals surface area contributed by atoms with E-state index in [1.165, 1.54) is 16.4 Å². The number of ketones is 1. The van der Waals surface area contributed by atoms with Crippen LogP contribution >= 0.6 is 11.6 Å². The second-order valence-corrected chi connectivity index (χ2v) is 8.06. The molecule has 1 fully saturated rings. The van der Waals surface area contributed by atoms with E-state index < -0.39 is 10.0 Å². The predicted molar refractivity (Wildman–Crippen MR) is 82.8 cm³/mol. The van der Waals surface area contributed by atoms with Crippen molar-refractivity contribution in [2.24, 2.45) is 11.8 Å². The first-order valence-electron chi connectivity index (χ1n) is 7.12. The monoisotopic (exact) mass is 329 g/mol. The maximum atomic E-state index is 12.5. The smallest absolute Gasteiger partial charge is 0.243 e. The molecule has 1 aliphatic rings. The van der Waals surface area contributed by atoms with Gasteiger partial charge in [-0.1, -0.05) is 25.4 Å². The number of sulfonamides is 1. The molecule has 4 nitrogen and oxygen atoms in total. The highest BCUT2D eigenvalue weighted by Gasteiger charge is 2.32. The molecule has 0 N–H and O–H groups in total. The van der Waals surface area contributed by atoms with Crippen molar-refractivity contribution in [1.29, 1.82) is 0 Å². The van der Waals surface area contributed by atoms with Gasteiger partial charge < -0.3 is 0 Å². The maximum absolute atomic E-state index is 12.5. The first-order valence-corrected chi connectivity index (χ1v) is 8.93. The number of carbonyl (C=O) groups is 1. The Morgan fingerprint density at radius 1 is 1.19 bits per heavy atom. The first kappa shape index (κ1) is 16.5. The first-order chi connectivity index (χ1) is 9.82. The van der Waals surface area contributed by atoms with Crippen LogP contribution in [0.1, 0.15) is 26.7 Å². The molecule has 2 rings (SSSR count). The average Bonchev–Trinajstić information content (AvgIpc) is 2.47. The summed E-state index contributed by atoms with van der Waals surface area (Å²) in [7, 11) is -3.48. The number of carbonyl (C=O) groups excluding carboxylic acids is 1. The molecule has 0 atom stereocenters. The van der Waals surface area contributed by atoms with Gasteiger partial charge in [-0.25, -0.2) is 8.42 Å². The molecular formula is C15H20ClNO3S. The zero-order valence-electron chi connectivity index (χ0n) is 12.3. The van der Waals surface area contributed by atoms with Crippen molar-refractivity contribution in [3.8, 4) is 0 Å². The van der Waals surface area contributed by atoms with E-state index in [0.717, 1.165) is 0 Å². The topological polar surface area (TPSA) is 54.5 Å². The summed E-state index contributed by atoms with van der Waals surface area (Å²) in [6.07, 6.45) is 1.20. The van der Waals surface area contributed by atoms with Gasteiger partial charge in [0.15, 0.2) is 0 Å². The lowest BCUT2D eigenvalue weighted by atomic mass is 9.88. The van der Waals surface area contributed by atoms with E-state index in [1.54, 1.807) is 12.1 Å². The minimum absolute atomic E-state index is 0.00872. The van der Waals surface area contributed by atoms with Crippen molar-refractivity contribution in [1.82, 2.24) is 4.31 Å². The van der Waals surface area contributed by atoms with Gasteiger partial charge in [0.2, 0.25) is 10.0 Å². The highest BCUT2D eigenvalue weighted by molar-refractivity contribution is 7.89. The molecule has 0 spiro atoms. The molecule has 0 amide bonds. The number of Topliss-reactive ketones (excluding diaryl/α,β-unsaturated/α-hetero) is 1. The number of rotatable bonds is 4. The van der Waals surface area contributed by atoms with Crippen molar-refractivity contribution in [2.75, 3.05) is 13.1 Å². The Hall–Kier alpha value is -0.910. The van der Waals surface area contributed by atoms with Gasteiger partial charge in [-0.2, -0.15) is 4.31 Å². The molecule has 0 radical (unpaired) electrons. The van der Waals surface area contributed by atoms with E-state index in [2.05, 4.69) is 0 Å². The predicted octanol–water partition coefficient (Wildman–Crippen LogP) is 2.97. The molecule has 0 saturated carbocycles. The lowest BCUT2D eigenvalue weighted by molar-refractivity contribution is -0.126. The molecule has 1 aromatic carbocycles. The molecule has 21 heavy (non-hydrogen) atoms. The van der Waals surface area contributed by atoms with E-state index in [4.69, 9.17) is 11.6 Å². The van der Waals surface area contributed by atoms with E-state index in [1.807, 2.05) is 13.8 Å². The largest absolute Gasteiger partial charge is 0.299 e. The van der Waals surface area contributed by atoms with Gasteiger partial charge in [0.1, 0.15) is 5.78 Å². The highest BCUT2D eigenvalue weighted by atomic mass is 35.5. The fraction of sp³-hybridized carbons (Fsp3) is 0.533. The molecule has 0 aromatic heterocycles. The average molecular weight is 330 g/mol. The normalized spacial score (nSPS) is 18.1. The van der Waals surface area contributed by atoms with Crippen LogP contribution in [0.25, 0.3) is 0 Å². The van der Waals surface area contributed by atoms with E-state index in [9.17, 15) is 13.2 Å². The summed E-state index contributed by atoms with van der Waals surface area (Å²) in [5.74, 6) is 0.231. The highest BCUT2D eigenvalue weighted by Crippen LogP contribution is 2.26. The third kappa shape index (κ3) is 3.65. The van der Waals surface area contributed by atoms with Crippen LogP contribution in [-0.2, 0) is 14.8 Å². The number of hydrogen-bond donors (Lipinski definition) is 0. The number of benzene rings is 1. The zero-order valence-corrected chi connectivity index (χ0v) is 13.8. The van der Waals surface area contributed by atoms with Crippen LogP contribution in [0.3, 0.4) is 0 Å². The summed E-state index contributed by atoms with van der Waals surface area (Å²) < 4.78 is 26.5. The Kier molecular flexibility index (Phi) is 5.07. The minimum atomic E-state index is -3.48. The van der Waals surface area contributed by atoms with Crippen LogP contribution in [0.15, 0.2) is 29.2 Å². The van der Waals surface area contributed by atoms with Crippen LogP contribution in [0.4, 0.5) is 0 Å². The van der Waals surface area contributed by atoms with Crippen molar-refractivity contribution >= 4 is 27.4 Å². The molecule has 1 heterocycles. The molecule has 1 aliphatic heterocycles. The number of halogens is 1. The Morgan fingerprint density at radius 2 is 1.71 bits per heavy atom. The van der Waals surface area contributed by atoms with Crippen molar-refractivity contribution < 1.29 is 13.2 Å². The van der Waals surface area contributed by atoms with Crippen molar-refractivity contribution in [3.63, 3.8) is 0 Å². The van der Waals surface area contributed by atoms with E-state index in [-0.39, 0.29) is 22.5 Å². The number of hydrogen-bond acceptors (Lipinski definition) is 3. The molecule has 0 bridgehead atoms. The Bertz CT molecular complexity index is 602. The summed E-state index contributed by atoms with van der Waals surface area (Å²) >= 11 is 5.79. The van der Waals surface area contributed by atoms with Crippen molar-refractivity contribution in [3.05, 3.63) is 29.3 Å². The molecule has 116 valence electrons. The minimum Gasteiger partial charge on any atom is -0.299 e. The van der Waals surface area contributed by atoms with Gasteiger partial charge in [-0.3, -0.25) is 4.79 Å². The maximum Gasteiger partial charge on any atom is 0.243 e. The van der Waals surface area contributed by atoms with Gasteiger partial charge in [0, 0.05) is 29.9 Å². The van der Waals surface area contributed by atoms with Gasteiger partial charge in [0.25, 0.3) is 0 Å². The van der Waals surface area contributed by atoms with Crippen LogP contribution in [0, 0.1) is 11.8 Å². The summed E-state index contributed by atoms with van der Waals surface area (Å²) in [6.45, 7) is 4.57. The molecule has 6 heteroatoms. The molecule has 1 aromatic rings. The Balaban J connectivity index is 2.07. The molecule has 1 saturated heterocycles. The summed E-state index contributed by atoms with van der Waals surface area (Å²) in [5, 5.41) is 0.509. The third-order valence-electron chi connectivity index (χ3n) is 3.88. The van der Waals surface area contributed by atoms with Crippen LogP contribution in [-0.4, -0.2) is 31.6 Å². The van der Waals surface area contributed by atoms with E-state index in [0.29, 0.717) is 31.0 Å². The summed E-state index contributed by atoms with van der Waals surface area (Å²) in [5.41, 5.74) is 0. The number of nitrogens with zero attached hydrogens (tertiary/aromatic N) is 1. The molecule has 0 aliphatic carbocycles. The Morgan fingerprint density at radius 3 is 2.19 bits per heavy atom. The molecular weight excluding hydrogens is 310 g/mol. The summed E-state index contributed by atoms with van der Waals surface area (Å²) in [6, 6.07) is 6.18. The van der Waals surface area contributed by atoms with E-state index >= 15 is 0 Å². The van der Waals surface area contributed by atoms with Gasteiger partial charge in [-0.15, -0.1) is 0 Å². The van der Waals surface area contributed by atoms with Crippen LogP contribution in [0.2, 0.25) is 5.02 Å². The van der Waals surface area contributed by atoms with Gasteiger partial charge >= 0.3 is 0 Å². The second kappa shape index (κ2) is 6.46. The zero-order chi connectivity index (χ0) is 15.6. The fourth-order valence-electron chi connectivity index (χ4n) is 2.61. The lowest BCUT2D eigenvalue weighted by Crippen LogP contribution is -2.40. The van der Waals surface area contributed by atoms with Gasteiger partial charge in [-0.05, 0) is 37.1 Å². The van der Waals surface area contributed by atoms with Crippen LogP contribution in [0.5, 0.6) is 0 Å². The number of piperidine rings is 1. The lowest BCUT2D eigenvalue weighted by Gasteiger charge is -2.31. The molecule has 0 unspecified atom stereocenters. The third-order valence-corrected chi connectivity index (χ3v) is 6.04. The quantitative estimate of drug-likeness (QED) is 0.853. The van der Waals surface area contributed by atoms with Gasteiger partial charge in [0.05, 0.1) is 4.90 Å². The second-order valence-electron chi connectivity index (χ2n) is 5.69.